The van der Waals surface area contributed by atoms with E-state index in [9.17, 15) is 0 Å². The molecule has 3 rings (SSSR count). The first-order valence-corrected chi connectivity index (χ1v) is 15.7. The van der Waals surface area contributed by atoms with Crippen LogP contribution in [-0.4, -0.2) is 15.5 Å². The van der Waals surface area contributed by atoms with Crippen LogP contribution in [-0.2, 0) is 0 Å². The van der Waals surface area contributed by atoms with Crippen LogP contribution in [0.25, 0.3) is 0 Å². The van der Waals surface area contributed by atoms with Gasteiger partial charge in [0.1, 0.15) is 0 Å². The fourth-order valence-corrected chi connectivity index (χ4v) is 9.60. The molecule has 0 saturated carbocycles. The predicted octanol–water partition coefficient (Wildman–Crippen LogP) is 4.05. The van der Waals surface area contributed by atoms with E-state index in [1.54, 1.807) is 0 Å². The fourth-order valence-electron chi connectivity index (χ4n) is 3.52. The van der Waals surface area contributed by atoms with Gasteiger partial charge >= 0.3 is 0 Å². The summed E-state index contributed by atoms with van der Waals surface area (Å²) in [6, 6.07) is 26.3. The van der Waals surface area contributed by atoms with E-state index in [0.717, 1.165) is 0 Å². The highest BCUT2D eigenvalue weighted by molar-refractivity contribution is 7.40. The molecule has 1 unspecified atom stereocenters. The highest BCUT2D eigenvalue weighted by atomic mass is 35.6. The minimum atomic E-state index is -2.57. The third kappa shape index (κ3) is 3.59. The first kappa shape index (κ1) is 19.2. The van der Waals surface area contributed by atoms with Crippen LogP contribution in [0.2, 0.25) is 19.6 Å². The van der Waals surface area contributed by atoms with Crippen LogP contribution in [0.4, 0.5) is 0 Å². The van der Waals surface area contributed by atoms with Gasteiger partial charge in [0, 0.05) is 0 Å². The third-order valence-corrected chi connectivity index (χ3v) is 12.5. The van der Waals surface area contributed by atoms with Gasteiger partial charge in [0.25, 0.3) is 0 Å². The van der Waals surface area contributed by atoms with Gasteiger partial charge in [0.05, 0.1) is 8.07 Å². The zero-order chi connectivity index (χ0) is 18.9. The van der Waals surface area contributed by atoms with Crippen LogP contribution in [0, 0.1) is 13.8 Å². The van der Waals surface area contributed by atoms with Crippen molar-refractivity contribution >= 4 is 47.3 Å². The number of benzene rings is 3. The fraction of sp³-hybridized carbons (Fsp3) is 0.217. The zero-order valence-corrected chi connectivity index (χ0v) is 19.1. The minimum Gasteiger partial charge on any atom is -0.149 e. The molecule has 0 heterocycles. The summed E-state index contributed by atoms with van der Waals surface area (Å²) in [6.07, 6.45) is 0. The molecule has 0 aromatic heterocycles. The van der Waals surface area contributed by atoms with Crippen molar-refractivity contribution in [3.63, 3.8) is 0 Å². The van der Waals surface area contributed by atoms with E-state index in [0.29, 0.717) is 0 Å². The largest absolute Gasteiger partial charge is 0.248 e. The molecule has 0 aliphatic heterocycles. The van der Waals surface area contributed by atoms with E-state index in [1.807, 2.05) is 0 Å². The normalized spacial score (nSPS) is 14.1. The van der Waals surface area contributed by atoms with Crippen molar-refractivity contribution in [2.45, 2.75) is 33.5 Å². The maximum Gasteiger partial charge on any atom is 0.248 e. The topological polar surface area (TPSA) is 0 Å². The maximum atomic E-state index is 7.67. The summed E-state index contributed by atoms with van der Waals surface area (Å²) >= 11 is 7.67. The molecule has 0 aliphatic rings. The van der Waals surface area contributed by atoms with Crippen LogP contribution in [0.1, 0.15) is 11.1 Å². The van der Waals surface area contributed by atoms with Gasteiger partial charge in [-0.1, -0.05) is 103 Å². The number of aryl methyl sites for hydroxylation is 2. The number of hydrogen-bond acceptors (Lipinski definition) is 0. The molecule has 3 aromatic rings. The van der Waals surface area contributed by atoms with Gasteiger partial charge in [0.2, 0.25) is 7.38 Å². The lowest BCUT2D eigenvalue weighted by Crippen LogP contribution is -2.64. The van der Waals surface area contributed by atoms with Gasteiger partial charge in [-0.3, -0.25) is 0 Å². The van der Waals surface area contributed by atoms with E-state index < -0.39 is 15.5 Å². The maximum absolute atomic E-state index is 7.67. The minimum absolute atomic E-state index is 1.25. The molecule has 0 bridgehead atoms. The Bertz CT molecular complexity index is 913. The molecule has 26 heavy (non-hydrogen) atoms. The van der Waals surface area contributed by atoms with Gasteiger partial charge < -0.3 is 0 Å². The molecule has 3 heteroatoms. The number of hydrogen-bond donors (Lipinski definition) is 0. The smallest absolute Gasteiger partial charge is 0.149 e. The summed E-state index contributed by atoms with van der Waals surface area (Å²) < 4.78 is 0. The van der Waals surface area contributed by atoms with Crippen molar-refractivity contribution in [1.29, 1.82) is 0 Å². The second kappa shape index (κ2) is 7.18. The molecular weight excluding hydrogens is 368 g/mol. The molecule has 0 nitrogen and oxygen atoms in total. The summed E-state index contributed by atoms with van der Waals surface area (Å²) in [5.74, 6) is 0. The Hall–Kier alpha value is -1.62. The van der Waals surface area contributed by atoms with Crippen molar-refractivity contribution in [2.24, 2.45) is 0 Å². The Morgan fingerprint density at radius 3 is 1.85 bits per heavy atom. The summed E-state index contributed by atoms with van der Waals surface area (Å²) in [4.78, 5) is 0. The zero-order valence-electron chi connectivity index (χ0n) is 16.3. The Morgan fingerprint density at radius 1 is 0.654 bits per heavy atom. The second-order valence-electron chi connectivity index (χ2n) is 8.18. The highest BCUT2D eigenvalue weighted by Crippen LogP contribution is 2.15. The summed E-state index contributed by atoms with van der Waals surface area (Å²) in [7, 11) is -4.00. The van der Waals surface area contributed by atoms with Crippen molar-refractivity contribution in [2.75, 3.05) is 0 Å². The predicted molar refractivity (Wildman–Crippen MR) is 122 cm³/mol. The van der Waals surface area contributed by atoms with Gasteiger partial charge in [-0.15, -0.1) is 11.1 Å². The van der Waals surface area contributed by atoms with Gasteiger partial charge in [-0.05, 0) is 35.0 Å². The van der Waals surface area contributed by atoms with Gasteiger partial charge in [-0.2, -0.15) is 0 Å². The first-order chi connectivity index (χ1) is 12.2. The van der Waals surface area contributed by atoms with Crippen LogP contribution in [0.3, 0.4) is 0 Å². The molecule has 0 spiro atoms. The molecular formula is C23H27ClSi2. The van der Waals surface area contributed by atoms with E-state index in [1.165, 1.54) is 31.9 Å². The lowest BCUT2D eigenvalue weighted by molar-refractivity contribution is 1.49. The van der Waals surface area contributed by atoms with E-state index >= 15 is 0 Å². The number of halogens is 1. The van der Waals surface area contributed by atoms with E-state index in [4.69, 9.17) is 11.1 Å². The Morgan fingerprint density at radius 2 is 1.23 bits per heavy atom. The molecule has 0 fully saturated rings. The summed E-state index contributed by atoms with van der Waals surface area (Å²) in [6.45, 7) is 11.6. The molecule has 0 N–H and O–H groups in total. The first-order valence-electron chi connectivity index (χ1n) is 9.16. The molecule has 0 aliphatic carbocycles. The Balaban J connectivity index is 2.34. The third-order valence-electron chi connectivity index (χ3n) is 5.03. The highest BCUT2D eigenvalue weighted by Gasteiger charge is 2.39. The standard InChI is InChI=1S/C23H27ClSi2/c1-18-15-21(25(3,4)5)17-22(16-18)26(24,20-12-7-6-8-13-20)23-14-10-9-11-19(23)2/h6-17H,1-5H3. The van der Waals surface area contributed by atoms with Crippen molar-refractivity contribution < 1.29 is 0 Å². The average molecular weight is 395 g/mol. The van der Waals surface area contributed by atoms with Crippen molar-refractivity contribution in [3.05, 3.63) is 83.9 Å². The molecule has 1 atom stereocenters. The van der Waals surface area contributed by atoms with E-state index in [2.05, 4.69) is 106 Å². The Labute approximate surface area is 164 Å². The van der Waals surface area contributed by atoms with Gasteiger partial charge in [-0.25, -0.2) is 0 Å². The number of rotatable bonds is 4. The van der Waals surface area contributed by atoms with E-state index in [-0.39, 0.29) is 0 Å². The molecule has 134 valence electrons. The van der Waals surface area contributed by atoms with Crippen LogP contribution < -0.4 is 20.7 Å². The second-order valence-corrected chi connectivity index (χ2v) is 18.0. The molecule has 0 radical (unpaired) electrons. The van der Waals surface area contributed by atoms with Crippen molar-refractivity contribution in [1.82, 2.24) is 0 Å². The molecule has 0 amide bonds. The summed E-state index contributed by atoms with van der Waals surface area (Å²) in [5, 5.41) is 5.33. The average Bonchev–Trinajstić information content (AvgIpc) is 2.61. The molecule has 0 saturated heterocycles. The monoisotopic (exact) mass is 394 g/mol. The Kier molecular flexibility index (Phi) is 5.29. The molecule has 3 aromatic carbocycles. The lowest BCUT2D eigenvalue weighted by Gasteiger charge is -2.30. The SMILES string of the molecule is Cc1cc([Si](C)(C)C)cc([Si](Cl)(c2ccccc2)c2ccccc2C)c1. The van der Waals surface area contributed by atoms with Crippen molar-refractivity contribution in [3.8, 4) is 0 Å². The van der Waals surface area contributed by atoms with Crippen LogP contribution in [0.5, 0.6) is 0 Å². The lowest BCUT2D eigenvalue weighted by atomic mass is 10.2. The quantitative estimate of drug-likeness (QED) is 0.355. The van der Waals surface area contributed by atoms with Crippen LogP contribution >= 0.6 is 11.1 Å². The summed E-state index contributed by atoms with van der Waals surface area (Å²) in [5.41, 5.74) is 2.58. The van der Waals surface area contributed by atoms with Crippen LogP contribution in [0.15, 0.2) is 72.8 Å². The van der Waals surface area contributed by atoms with Gasteiger partial charge in [0.15, 0.2) is 0 Å².